The van der Waals surface area contributed by atoms with Gasteiger partial charge in [0.05, 0.1) is 17.1 Å². The Morgan fingerprint density at radius 3 is 1.81 bits per heavy atom. The molecule has 0 aliphatic rings. The fourth-order valence-corrected chi connectivity index (χ4v) is 10.3. The second kappa shape index (κ2) is 12.5. The normalized spacial score (nSPS) is 12.9. The Balaban J connectivity index is 1.59. The minimum atomic E-state index is -3.35. The van der Waals surface area contributed by atoms with Gasteiger partial charge in [-0.15, -0.1) is 0 Å². The number of sulfone groups is 1. The zero-order valence-electron chi connectivity index (χ0n) is 24.4. The molecule has 0 fully saturated rings. The Morgan fingerprint density at radius 2 is 1.33 bits per heavy atom. The topological polar surface area (TPSA) is 99.1 Å². The number of hydrogen-bond donors (Lipinski definition) is 1. The summed E-state index contributed by atoms with van der Waals surface area (Å²) in [6, 6.07) is 31.0. The van der Waals surface area contributed by atoms with Gasteiger partial charge in [-0.05, 0) is 58.7 Å². The van der Waals surface area contributed by atoms with Crippen LogP contribution in [0.3, 0.4) is 0 Å². The van der Waals surface area contributed by atoms with Gasteiger partial charge in [0.25, 0.3) is 8.32 Å². The highest BCUT2D eigenvalue weighted by atomic mass is 32.2. The highest BCUT2D eigenvalue weighted by Gasteiger charge is 2.50. The lowest BCUT2D eigenvalue weighted by molar-refractivity contribution is 0.0695. The zero-order valence-corrected chi connectivity index (χ0v) is 26.2. The summed E-state index contributed by atoms with van der Waals surface area (Å²) in [4.78, 5) is 12.0. The number of carbonyl (C=O) groups is 1. The van der Waals surface area contributed by atoms with Gasteiger partial charge < -0.3 is 19.0 Å². The SMILES string of the molecule is C[C@@H](CO[Si](c1ccccc1)(c1ccccc1)C(C)(C)C)Oc1cc(Oc2ccc(S(C)(=O)=O)cc2)cc(C(=O)O)c1. The van der Waals surface area contributed by atoms with Crippen molar-refractivity contribution in [3.05, 3.63) is 109 Å². The molecule has 0 saturated carbocycles. The van der Waals surface area contributed by atoms with Gasteiger partial charge in [-0.1, -0.05) is 81.4 Å². The van der Waals surface area contributed by atoms with E-state index in [0.717, 1.165) is 16.6 Å². The van der Waals surface area contributed by atoms with Crippen LogP contribution >= 0.6 is 0 Å². The monoisotopic (exact) mass is 604 g/mol. The van der Waals surface area contributed by atoms with Crippen molar-refractivity contribution in [3.63, 3.8) is 0 Å². The molecule has 7 nitrogen and oxygen atoms in total. The summed E-state index contributed by atoms with van der Waals surface area (Å²) in [6.07, 6.45) is 0.708. The van der Waals surface area contributed by atoms with Crippen LogP contribution < -0.4 is 19.8 Å². The molecule has 0 aliphatic heterocycles. The molecule has 9 heteroatoms. The first kappa shape index (κ1) is 31.0. The van der Waals surface area contributed by atoms with Crippen molar-refractivity contribution >= 4 is 34.5 Å². The number of carboxylic acid groups (broad SMARTS) is 1. The van der Waals surface area contributed by atoms with E-state index in [2.05, 4.69) is 45.0 Å². The van der Waals surface area contributed by atoms with Crippen molar-refractivity contribution in [2.24, 2.45) is 0 Å². The van der Waals surface area contributed by atoms with Gasteiger partial charge in [0, 0.05) is 12.3 Å². The van der Waals surface area contributed by atoms with Crippen LogP contribution in [0.1, 0.15) is 38.1 Å². The standard InChI is InChI=1S/C33H36O7SSi/c1-24(23-38-42(33(2,3)4,30-12-8-6-9-13-30)31-14-10-7-11-15-31)39-27-20-25(32(34)35)21-28(22-27)40-26-16-18-29(19-17-26)41(5,36)37/h6-22,24H,23H2,1-5H3,(H,34,35)/t24-/m0/s1. The highest BCUT2D eigenvalue weighted by Crippen LogP contribution is 2.37. The summed E-state index contributed by atoms with van der Waals surface area (Å²) in [5.74, 6) is -0.207. The van der Waals surface area contributed by atoms with Crippen LogP contribution in [-0.4, -0.2) is 46.8 Å². The average Bonchev–Trinajstić information content (AvgIpc) is 2.93. The molecule has 0 saturated heterocycles. The van der Waals surface area contributed by atoms with Gasteiger partial charge >= 0.3 is 5.97 Å². The summed E-state index contributed by atoms with van der Waals surface area (Å²) < 4.78 is 42.6. The molecule has 42 heavy (non-hydrogen) atoms. The fraction of sp³-hybridized carbons (Fsp3) is 0.242. The van der Waals surface area contributed by atoms with Crippen LogP contribution in [0.25, 0.3) is 0 Å². The van der Waals surface area contributed by atoms with E-state index in [1.54, 1.807) is 6.07 Å². The molecule has 0 heterocycles. The van der Waals surface area contributed by atoms with Crippen molar-refractivity contribution in [1.29, 1.82) is 0 Å². The first-order chi connectivity index (χ1) is 19.8. The number of carboxylic acids is 1. The van der Waals surface area contributed by atoms with E-state index >= 15 is 0 Å². The Hall–Kier alpha value is -3.92. The van der Waals surface area contributed by atoms with Crippen molar-refractivity contribution in [2.75, 3.05) is 12.9 Å². The van der Waals surface area contributed by atoms with Gasteiger partial charge in [0.1, 0.15) is 23.4 Å². The lowest BCUT2D eigenvalue weighted by Gasteiger charge is -2.43. The van der Waals surface area contributed by atoms with E-state index in [9.17, 15) is 18.3 Å². The number of rotatable bonds is 11. The Kier molecular flexibility index (Phi) is 9.25. The van der Waals surface area contributed by atoms with Gasteiger partial charge in [0.15, 0.2) is 9.84 Å². The molecule has 4 aromatic rings. The van der Waals surface area contributed by atoms with Crippen LogP contribution in [0, 0.1) is 0 Å². The molecular weight excluding hydrogens is 569 g/mol. The molecule has 4 aromatic carbocycles. The Labute approximate surface area is 248 Å². The van der Waals surface area contributed by atoms with Crippen molar-refractivity contribution in [2.45, 2.75) is 43.7 Å². The van der Waals surface area contributed by atoms with E-state index < -0.39 is 30.2 Å². The largest absolute Gasteiger partial charge is 0.488 e. The molecule has 0 aromatic heterocycles. The van der Waals surface area contributed by atoms with Gasteiger partial charge in [-0.3, -0.25) is 0 Å². The Bertz CT molecular complexity index is 1580. The van der Waals surface area contributed by atoms with E-state index in [-0.39, 0.29) is 27.9 Å². The lowest BCUT2D eigenvalue weighted by Crippen LogP contribution is -2.67. The highest BCUT2D eigenvalue weighted by molar-refractivity contribution is 7.90. The van der Waals surface area contributed by atoms with Crippen molar-refractivity contribution in [1.82, 2.24) is 0 Å². The fourth-order valence-electron chi connectivity index (χ4n) is 4.98. The smallest absolute Gasteiger partial charge is 0.335 e. The lowest BCUT2D eigenvalue weighted by atomic mass is 10.2. The summed E-state index contributed by atoms with van der Waals surface area (Å²) >= 11 is 0. The third-order valence-corrected chi connectivity index (χ3v) is 13.0. The van der Waals surface area contributed by atoms with Crippen LogP contribution in [-0.2, 0) is 14.3 Å². The molecule has 0 spiro atoms. The molecule has 0 amide bonds. The third-order valence-electron chi connectivity index (χ3n) is 6.90. The molecule has 1 atom stereocenters. The number of benzene rings is 4. The molecule has 0 radical (unpaired) electrons. The molecule has 1 N–H and O–H groups in total. The second-order valence-electron chi connectivity index (χ2n) is 11.2. The maximum absolute atomic E-state index is 11.9. The van der Waals surface area contributed by atoms with Crippen LogP contribution in [0.15, 0.2) is 108 Å². The molecule has 0 bridgehead atoms. The van der Waals surface area contributed by atoms with Gasteiger partial charge in [-0.25, -0.2) is 13.2 Å². The van der Waals surface area contributed by atoms with E-state index in [0.29, 0.717) is 11.5 Å². The molecule has 220 valence electrons. The summed E-state index contributed by atoms with van der Waals surface area (Å²) in [5.41, 5.74) is -0.00430. The zero-order chi connectivity index (χ0) is 30.5. The first-order valence-corrected chi connectivity index (χ1v) is 17.4. The van der Waals surface area contributed by atoms with Crippen molar-refractivity contribution < 1.29 is 32.2 Å². The number of aromatic carboxylic acids is 1. The van der Waals surface area contributed by atoms with Crippen LogP contribution in [0.2, 0.25) is 5.04 Å². The Morgan fingerprint density at radius 1 is 0.810 bits per heavy atom. The molecule has 0 unspecified atom stereocenters. The molecule has 4 rings (SSSR count). The predicted octanol–water partition coefficient (Wildman–Crippen LogP) is 5.92. The summed E-state index contributed by atoms with van der Waals surface area (Å²) in [6.45, 7) is 8.76. The quantitative estimate of drug-likeness (QED) is 0.212. The van der Waals surface area contributed by atoms with E-state index in [4.69, 9.17) is 13.9 Å². The van der Waals surface area contributed by atoms with Crippen molar-refractivity contribution in [3.8, 4) is 17.2 Å². The molecule has 0 aliphatic carbocycles. The van der Waals surface area contributed by atoms with Crippen LogP contribution in [0.5, 0.6) is 17.2 Å². The van der Waals surface area contributed by atoms with E-state index in [1.165, 1.54) is 36.4 Å². The maximum atomic E-state index is 11.9. The minimum Gasteiger partial charge on any atom is -0.488 e. The first-order valence-electron chi connectivity index (χ1n) is 13.6. The minimum absolute atomic E-state index is 0.00430. The second-order valence-corrected chi connectivity index (χ2v) is 17.6. The van der Waals surface area contributed by atoms with Gasteiger partial charge in [-0.2, -0.15) is 0 Å². The average molecular weight is 605 g/mol. The third kappa shape index (κ3) is 7.10. The predicted molar refractivity (Wildman–Crippen MR) is 167 cm³/mol. The number of ether oxygens (including phenoxy) is 2. The molecular formula is C33H36O7SSi. The van der Waals surface area contributed by atoms with Crippen LogP contribution in [0.4, 0.5) is 0 Å². The number of hydrogen-bond acceptors (Lipinski definition) is 6. The summed E-state index contributed by atoms with van der Waals surface area (Å²) in [7, 11) is -6.13. The maximum Gasteiger partial charge on any atom is 0.335 e. The van der Waals surface area contributed by atoms with E-state index in [1.807, 2.05) is 43.3 Å². The summed E-state index contributed by atoms with van der Waals surface area (Å²) in [5, 5.41) is 11.8. The van der Waals surface area contributed by atoms with Gasteiger partial charge in [0.2, 0.25) is 0 Å².